The number of rotatable bonds is 9. The number of ketones is 1. The van der Waals surface area contributed by atoms with E-state index in [1.807, 2.05) is 0 Å². The summed E-state index contributed by atoms with van der Waals surface area (Å²) in [5.74, 6) is -3.42. The summed E-state index contributed by atoms with van der Waals surface area (Å²) in [5.41, 5.74) is 0. The topological polar surface area (TPSA) is 123 Å². The minimum atomic E-state index is -1.73. The van der Waals surface area contributed by atoms with Crippen LogP contribution < -0.4 is 0 Å². The lowest BCUT2D eigenvalue weighted by atomic mass is 10.0. The number of aliphatic hydroxyl groups excluding tert-OH is 3. The van der Waals surface area contributed by atoms with Crippen molar-refractivity contribution in [2.75, 3.05) is 27.9 Å². The molecule has 0 fully saturated rings. The Labute approximate surface area is 110 Å². The van der Waals surface area contributed by atoms with Gasteiger partial charge in [0.15, 0.2) is 5.78 Å². The van der Waals surface area contributed by atoms with Crippen molar-refractivity contribution >= 4 is 11.8 Å². The largest absolute Gasteiger partial charge is 0.465 e. The molecule has 0 unspecified atom stereocenters. The van der Waals surface area contributed by atoms with Crippen molar-refractivity contribution in [1.82, 2.24) is 0 Å². The molecule has 112 valence electrons. The van der Waals surface area contributed by atoms with Crippen molar-refractivity contribution in [1.29, 1.82) is 0 Å². The number of esters is 1. The van der Waals surface area contributed by atoms with E-state index in [1.54, 1.807) is 0 Å². The second-order valence-corrected chi connectivity index (χ2v) is 3.83. The molecule has 3 N–H and O–H groups in total. The number of hydrogen-bond acceptors (Lipinski definition) is 8. The van der Waals surface area contributed by atoms with E-state index >= 15 is 0 Å². The van der Waals surface area contributed by atoms with Gasteiger partial charge in [-0.2, -0.15) is 0 Å². The van der Waals surface area contributed by atoms with Crippen LogP contribution >= 0.6 is 0 Å². The van der Waals surface area contributed by atoms with Crippen LogP contribution in [0.2, 0.25) is 0 Å². The zero-order chi connectivity index (χ0) is 15.1. The molecule has 0 radical (unpaired) electrons. The van der Waals surface area contributed by atoms with Gasteiger partial charge in [0.25, 0.3) is 5.79 Å². The zero-order valence-corrected chi connectivity index (χ0v) is 11.2. The minimum absolute atomic E-state index is 0.135. The van der Waals surface area contributed by atoms with Crippen molar-refractivity contribution in [3.63, 3.8) is 0 Å². The van der Waals surface area contributed by atoms with E-state index in [9.17, 15) is 19.8 Å². The predicted molar refractivity (Wildman–Crippen MR) is 62.1 cm³/mol. The molecule has 0 aliphatic rings. The van der Waals surface area contributed by atoms with Crippen LogP contribution in [0.3, 0.4) is 0 Å². The van der Waals surface area contributed by atoms with E-state index in [2.05, 4.69) is 4.74 Å². The van der Waals surface area contributed by atoms with Crippen LogP contribution in [-0.4, -0.2) is 73.0 Å². The van der Waals surface area contributed by atoms with Gasteiger partial charge in [-0.15, -0.1) is 0 Å². The number of Topliss-reactive ketones (excluding diaryl/α,β-unsaturated/α-hetero) is 1. The van der Waals surface area contributed by atoms with Crippen LogP contribution in [0.4, 0.5) is 0 Å². The van der Waals surface area contributed by atoms with Gasteiger partial charge in [0, 0.05) is 20.6 Å². The molecule has 0 spiro atoms. The summed E-state index contributed by atoms with van der Waals surface area (Å²) in [4.78, 5) is 22.5. The van der Waals surface area contributed by atoms with Gasteiger partial charge in [0.2, 0.25) is 0 Å². The summed E-state index contributed by atoms with van der Waals surface area (Å²) in [6.07, 6.45) is -3.48. The highest BCUT2D eigenvalue weighted by molar-refractivity contribution is 5.84. The van der Waals surface area contributed by atoms with Crippen LogP contribution in [0.15, 0.2) is 0 Å². The average molecular weight is 280 g/mol. The van der Waals surface area contributed by atoms with Gasteiger partial charge < -0.3 is 29.5 Å². The third kappa shape index (κ3) is 4.51. The first kappa shape index (κ1) is 17.9. The molecule has 8 nitrogen and oxygen atoms in total. The number of hydrogen-bond donors (Lipinski definition) is 3. The van der Waals surface area contributed by atoms with Crippen molar-refractivity contribution in [3.8, 4) is 0 Å². The first-order valence-corrected chi connectivity index (χ1v) is 5.57. The highest BCUT2D eigenvalue weighted by atomic mass is 16.7. The van der Waals surface area contributed by atoms with E-state index in [0.717, 1.165) is 7.11 Å². The highest BCUT2D eigenvalue weighted by Crippen LogP contribution is 2.22. The Hall–Kier alpha value is -1.06. The first-order chi connectivity index (χ1) is 8.88. The van der Waals surface area contributed by atoms with Crippen LogP contribution in [0, 0.1) is 0 Å². The molecule has 0 aromatic rings. The smallest absolute Gasteiger partial charge is 0.366 e. The first-order valence-electron chi connectivity index (χ1n) is 5.57. The summed E-state index contributed by atoms with van der Waals surface area (Å²) in [7, 11) is 3.60. The van der Waals surface area contributed by atoms with Gasteiger partial charge in [-0.25, -0.2) is 4.79 Å². The maximum absolute atomic E-state index is 11.5. The van der Waals surface area contributed by atoms with Crippen molar-refractivity contribution in [2.45, 2.75) is 30.8 Å². The molecular weight excluding hydrogens is 260 g/mol. The maximum atomic E-state index is 11.5. The molecule has 0 aromatic heterocycles. The Morgan fingerprint density at radius 1 is 1.16 bits per heavy atom. The van der Waals surface area contributed by atoms with Crippen LogP contribution in [0.5, 0.6) is 0 Å². The number of carbonyl (C=O) groups excluding carboxylic acids is 2. The molecule has 0 aromatic carbocycles. The summed E-state index contributed by atoms with van der Waals surface area (Å²) in [6.45, 7) is -0.880. The molecule has 0 saturated carbocycles. The second-order valence-electron chi connectivity index (χ2n) is 3.83. The predicted octanol–water partition coefficient (Wildman–Crippen LogP) is -1.79. The average Bonchev–Trinajstić information content (AvgIpc) is 2.46. The molecule has 0 rings (SSSR count). The quantitative estimate of drug-likeness (QED) is 0.334. The van der Waals surface area contributed by atoms with Crippen LogP contribution in [-0.2, 0) is 23.8 Å². The fourth-order valence-corrected chi connectivity index (χ4v) is 1.52. The Morgan fingerprint density at radius 3 is 2.05 bits per heavy atom. The van der Waals surface area contributed by atoms with Gasteiger partial charge in [-0.05, 0) is 6.42 Å². The van der Waals surface area contributed by atoms with Crippen molar-refractivity contribution in [2.24, 2.45) is 0 Å². The fourth-order valence-electron chi connectivity index (χ4n) is 1.52. The lowest BCUT2D eigenvalue weighted by molar-refractivity contribution is -0.232. The highest BCUT2D eigenvalue weighted by Gasteiger charge is 2.41. The molecule has 8 heteroatoms. The number of methoxy groups -OCH3 is 3. The number of ether oxygens (including phenoxy) is 3. The van der Waals surface area contributed by atoms with E-state index in [0.29, 0.717) is 0 Å². The number of aliphatic hydroxyl groups is 3. The van der Waals surface area contributed by atoms with Gasteiger partial charge in [-0.3, -0.25) is 4.79 Å². The monoisotopic (exact) mass is 280 g/mol. The minimum Gasteiger partial charge on any atom is -0.465 e. The van der Waals surface area contributed by atoms with Crippen LogP contribution in [0.25, 0.3) is 0 Å². The van der Waals surface area contributed by atoms with Gasteiger partial charge in [0.1, 0.15) is 12.7 Å². The molecular formula is C11H20O8. The second kappa shape index (κ2) is 8.18. The molecule has 0 saturated heterocycles. The Balaban J connectivity index is 4.65. The van der Waals surface area contributed by atoms with Crippen molar-refractivity contribution < 1.29 is 39.1 Å². The standard InChI is InChI=1S/C11H20O8/c1-17-10(16)11(18-2,19-3)5-4-7(13)9(15)8(14)6-12/h7,9,12-13,15H,4-6H2,1-3H3/t7-,9+/m1/s1. The Morgan fingerprint density at radius 2 is 1.68 bits per heavy atom. The van der Waals surface area contributed by atoms with Gasteiger partial charge in [0.05, 0.1) is 13.2 Å². The summed E-state index contributed by atoms with van der Waals surface area (Å²) in [5, 5.41) is 27.5. The molecule has 0 aliphatic carbocycles. The summed E-state index contributed by atoms with van der Waals surface area (Å²) in [6, 6.07) is 0. The van der Waals surface area contributed by atoms with E-state index in [-0.39, 0.29) is 12.8 Å². The maximum Gasteiger partial charge on any atom is 0.366 e. The lowest BCUT2D eigenvalue weighted by Crippen LogP contribution is -2.45. The SMILES string of the molecule is COC(=O)C(CC[C@@H](O)[C@H](O)C(=O)CO)(OC)OC. The normalized spacial score (nSPS) is 14.8. The lowest BCUT2D eigenvalue weighted by Gasteiger charge is -2.29. The fraction of sp³-hybridized carbons (Fsp3) is 0.818. The van der Waals surface area contributed by atoms with Crippen LogP contribution in [0.1, 0.15) is 12.8 Å². The molecule has 2 atom stereocenters. The molecule has 0 amide bonds. The Kier molecular flexibility index (Phi) is 7.72. The van der Waals surface area contributed by atoms with E-state index in [4.69, 9.17) is 14.6 Å². The Bertz CT molecular complexity index is 299. The molecule has 0 aliphatic heterocycles. The third-order valence-electron chi connectivity index (χ3n) is 2.78. The zero-order valence-electron chi connectivity index (χ0n) is 11.2. The summed E-state index contributed by atoms with van der Waals surface area (Å²) < 4.78 is 14.4. The number of carbonyl (C=O) groups is 2. The molecule has 0 bridgehead atoms. The molecule has 0 heterocycles. The summed E-state index contributed by atoms with van der Waals surface area (Å²) >= 11 is 0. The van der Waals surface area contributed by atoms with E-state index < -0.39 is 36.4 Å². The van der Waals surface area contributed by atoms with Gasteiger partial charge >= 0.3 is 5.97 Å². The van der Waals surface area contributed by atoms with Crippen molar-refractivity contribution in [3.05, 3.63) is 0 Å². The van der Waals surface area contributed by atoms with E-state index in [1.165, 1.54) is 14.2 Å². The van der Waals surface area contributed by atoms with Gasteiger partial charge in [-0.1, -0.05) is 0 Å². The third-order valence-corrected chi connectivity index (χ3v) is 2.78. The molecule has 19 heavy (non-hydrogen) atoms.